The summed E-state index contributed by atoms with van der Waals surface area (Å²) < 4.78 is 0. The number of aromatic nitrogens is 2. The summed E-state index contributed by atoms with van der Waals surface area (Å²) in [6.07, 6.45) is 5.69. The Hall–Kier alpha value is -0.790. The molecule has 0 aliphatic rings. The highest BCUT2D eigenvalue weighted by Crippen LogP contribution is 1.96. The Morgan fingerprint density at radius 1 is 1.75 bits per heavy atom. The number of H-pyrrole nitrogens is 1. The largest absolute Gasteiger partial charge is 0.285 e. The fourth-order valence-electron chi connectivity index (χ4n) is 0.618. The maximum atomic E-state index is 3.79. The second kappa shape index (κ2) is 2.50. The number of aromatic amines is 1. The fourth-order valence-corrected chi connectivity index (χ4v) is 0.618. The number of nitrogens with zero attached hydrogens (tertiary/aromatic N) is 1. The summed E-state index contributed by atoms with van der Waals surface area (Å²) in [5.41, 5.74) is 1.24. The van der Waals surface area contributed by atoms with E-state index in [-0.39, 0.29) is 0 Å². The van der Waals surface area contributed by atoms with Crippen LogP contribution in [0.25, 0.3) is 0 Å². The zero-order chi connectivity index (χ0) is 5.82. The molecule has 1 rings (SSSR count). The number of nitrogens with one attached hydrogen (secondary N) is 1. The van der Waals surface area contributed by atoms with Crippen LogP contribution in [-0.2, 0) is 6.42 Å². The van der Waals surface area contributed by atoms with Gasteiger partial charge in [-0.25, -0.2) is 0 Å². The molecule has 0 unspecified atom stereocenters. The molecule has 8 heavy (non-hydrogen) atoms. The van der Waals surface area contributed by atoms with Crippen LogP contribution in [-0.4, -0.2) is 10.2 Å². The first-order valence-electron chi connectivity index (χ1n) is 2.70. The van der Waals surface area contributed by atoms with Crippen LogP contribution in [0, 0.1) is 6.92 Å². The molecule has 0 fully saturated rings. The van der Waals surface area contributed by atoms with Crippen LogP contribution < -0.4 is 0 Å². The summed E-state index contributed by atoms with van der Waals surface area (Å²) in [7, 11) is 0. The van der Waals surface area contributed by atoms with Crippen molar-refractivity contribution in [3.05, 3.63) is 24.9 Å². The summed E-state index contributed by atoms with van der Waals surface area (Å²) in [6, 6.07) is 0. The van der Waals surface area contributed by atoms with Crippen molar-refractivity contribution in [1.82, 2.24) is 10.2 Å². The van der Waals surface area contributed by atoms with Crippen molar-refractivity contribution in [2.24, 2.45) is 0 Å². The predicted octanol–water partition coefficient (Wildman–Crippen LogP) is 1.18. The zero-order valence-corrected chi connectivity index (χ0v) is 4.72. The van der Waals surface area contributed by atoms with Crippen LogP contribution >= 0.6 is 0 Å². The Morgan fingerprint density at radius 3 is 3.12 bits per heavy atom. The quantitative estimate of drug-likeness (QED) is 0.607. The molecule has 0 saturated carbocycles. The van der Waals surface area contributed by atoms with Crippen LogP contribution in [0.3, 0.4) is 0 Å². The van der Waals surface area contributed by atoms with Crippen LogP contribution in [0.2, 0.25) is 0 Å². The minimum Gasteiger partial charge on any atom is -0.285 e. The van der Waals surface area contributed by atoms with Gasteiger partial charge in [0.05, 0.1) is 6.20 Å². The first kappa shape index (κ1) is 5.35. The highest BCUT2D eigenvalue weighted by atomic mass is 15.1. The average Bonchev–Trinajstić information content (AvgIpc) is 2.19. The van der Waals surface area contributed by atoms with E-state index < -0.39 is 0 Å². The van der Waals surface area contributed by atoms with Crippen LogP contribution in [0.5, 0.6) is 0 Å². The minimum absolute atomic E-state index is 0.944. The van der Waals surface area contributed by atoms with Gasteiger partial charge in [-0.05, 0) is 18.4 Å². The molecule has 0 atom stereocenters. The molecule has 0 saturated heterocycles. The van der Waals surface area contributed by atoms with Gasteiger partial charge in [-0.3, -0.25) is 5.10 Å². The Morgan fingerprint density at radius 2 is 2.62 bits per heavy atom. The minimum atomic E-state index is 0.944. The van der Waals surface area contributed by atoms with E-state index in [0.717, 1.165) is 12.8 Å². The topological polar surface area (TPSA) is 28.7 Å². The monoisotopic (exact) mass is 109 g/mol. The van der Waals surface area contributed by atoms with Crippen LogP contribution in [0.15, 0.2) is 12.4 Å². The first-order valence-corrected chi connectivity index (χ1v) is 2.70. The molecule has 43 valence electrons. The van der Waals surface area contributed by atoms with E-state index in [4.69, 9.17) is 0 Å². The maximum absolute atomic E-state index is 3.79. The molecular weight excluding hydrogens is 100 g/mol. The van der Waals surface area contributed by atoms with E-state index in [9.17, 15) is 0 Å². The molecule has 2 nitrogen and oxygen atoms in total. The van der Waals surface area contributed by atoms with E-state index in [0.29, 0.717) is 0 Å². The summed E-state index contributed by atoms with van der Waals surface area (Å²) in [5.74, 6) is 0. The van der Waals surface area contributed by atoms with Crippen molar-refractivity contribution in [2.75, 3.05) is 0 Å². The lowest BCUT2D eigenvalue weighted by Gasteiger charge is -1.84. The second-order valence-electron chi connectivity index (χ2n) is 1.71. The maximum Gasteiger partial charge on any atom is 0.0519 e. The summed E-state index contributed by atoms with van der Waals surface area (Å²) >= 11 is 0. The normalized spacial score (nSPS) is 9.62. The van der Waals surface area contributed by atoms with Crippen molar-refractivity contribution in [3.8, 4) is 0 Å². The molecule has 1 heterocycles. The van der Waals surface area contributed by atoms with Gasteiger partial charge in [-0.15, -0.1) is 0 Å². The van der Waals surface area contributed by atoms with Gasteiger partial charge >= 0.3 is 0 Å². The van der Waals surface area contributed by atoms with E-state index in [1.165, 1.54) is 5.56 Å². The molecule has 0 bridgehead atoms. The third-order valence-corrected chi connectivity index (χ3v) is 1.02. The highest BCUT2D eigenvalue weighted by molar-refractivity contribution is 5.01. The average molecular weight is 109 g/mol. The third-order valence-electron chi connectivity index (χ3n) is 1.02. The molecule has 1 radical (unpaired) electrons. The van der Waals surface area contributed by atoms with Gasteiger partial charge in [0, 0.05) is 6.20 Å². The molecule has 0 aliphatic heterocycles. The smallest absolute Gasteiger partial charge is 0.0519 e. The predicted molar refractivity (Wildman–Crippen MR) is 32.3 cm³/mol. The third kappa shape index (κ3) is 1.09. The lowest BCUT2D eigenvalue weighted by Crippen LogP contribution is -1.75. The molecule has 2 heteroatoms. The molecule has 0 aliphatic carbocycles. The zero-order valence-electron chi connectivity index (χ0n) is 4.72. The van der Waals surface area contributed by atoms with Gasteiger partial charge in [-0.2, -0.15) is 5.10 Å². The molecule has 1 aromatic rings. The van der Waals surface area contributed by atoms with E-state index >= 15 is 0 Å². The van der Waals surface area contributed by atoms with Gasteiger partial charge in [-0.1, -0.05) is 6.92 Å². The second-order valence-corrected chi connectivity index (χ2v) is 1.71. The van der Waals surface area contributed by atoms with E-state index in [2.05, 4.69) is 17.1 Å². The first-order chi connectivity index (χ1) is 3.93. The summed E-state index contributed by atoms with van der Waals surface area (Å²) in [6.45, 7) is 3.72. The number of rotatable bonds is 2. The Bertz CT molecular complexity index is 132. The molecular formula is C6H9N2. The lowest BCUT2D eigenvalue weighted by molar-refractivity contribution is 1.00. The number of hydrogen-bond donors (Lipinski definition) is 1. The van der Waals surface area contributed by atoms with Crippen LogP contribution in [0.1, 0.15) is 12.0 Å². The fraction of sp³-hybridized carbons (Fsp3) is 0.333. The van der Waals surface area contributed by atoms with Gasteiger partial charge in [0.25, 0.3) is 0 Å². The lowest BCUT2D eigenvalue weighted by atomic mass is 10.2. The van der Waals surface area contributed by atoms with Gasteiger partial charge < -0.3 is 0 Å². The van der Waals surface area contributed by atoms with E-state index in [1.54, 1.807) is 0 Å². The summed E-state index contributed by atoms with van der Waals surface area (Å²) in [5, 5.41) is 6.52. The summed E-state index contributed by atoms with van der Waals surface area (Å²) in [4.78, 5) is 0. The molecule has 0 aromatic carbocycles. The number of hydrogen-bond acceptors (Lipinski definition) is 1. The Balaban J connectivity index is 2.50. The van der Waals surface area contributed by atoms with Crippen molar-refractivity contribution in [3.63, 3.8) is 0 Å². The van der Waals surface area contributed by atoms with Gasteiger partial charge in [0.15, 0.2) is 0 Å². The molecule has 0 spiro atoms. The van der Waals surface area contributed by atoms with Crippen molar-refractivity contribution in [2.45, 2.75) is 12.8 Å². The Labute approximate surface area is 48.9 Å². The van der Waals surface area contributed by atoms with Crippen molar-refractivity contribution >= 4 is 0 Å². The highest BCUT2D eigenvalue weighted by Gasteiger charge is 1.87. The standard InChI is InChI=1S/C6H9N2/c1-2-3-6-4-7-8-5-6/h4-5H,1-3H2,(H,7,8). The number of aryl methyl sites for hydroxylation is 1. The molecule has 1 aromatic heterocycles. The van der Waals surface area contributed by atoms with E-state index in [1.807, 2.05) is 12.4 Å². The van der Waals surface area contributed by atoms with Crippen LogP contribution in [0.4, 0.5) is 0 Å². The van der Waals surface area contributed by atoms with Gasteiger partial charge in [0.2, 0.25) is 0 Å². The Kier molecular flexibility index (Phi) is 1.67. The van der Waals surface area contributed by atoms with Crippen molar-refractivity contribution in [1.29, 1.82) is 0 Å². The molecule has 0 amide bonds. The molecule has 1 N–H and O–H groups in total. The van der Waals surface area contributed by atoms with Gasteiger partial charge in [0.1, 0.15) is 0 Å². The van der Waals surface area contributed by atoms with Crippen molar-refractivity contribution < 1.29 is 0 Å². The SMILES string of the molecule is [CH2]CCc1cn[nH]c1.